The molecule has 6 nitrogen and oxygen atoms in total. The first-order valence-corrected chi connectivity index (χ1v) is 8.68. The van der Waals surface area contributed by atoms with Gasteiger partial charge in [0.1, 0.15) is 5.69 Å². The molecule has 1 aliphatic heterocycles. The van der Waals surface area contributed by atoms with Crippen LogP contribution in [0.5, 0.6) is 0 Å². The number of anilines is 3. The molecule has 1 fully saturated rings. The molecular weight excluding hydrogens is 314 g/mol. The van der Waals surface area contributed by atoms with E-state index >= 15 is 0 Å². The van der Waals surface area contributed by atoms with Crippen molar-refractivity contribution < 1.29 is 4.79 Å². The number of amides is 1. The minimum absolute atomic E-state index is 0.206. The highest BCUT2D eigenvalue weighted by Crippen LogP contribution is 2.23. The van der Waals surface area contributed by atoms with E-state index in [-0.39, 0.29) is 11.4 Å². The quantitative estimate of drug-likeness (QED) is 0.894. The van der Waals surface area contributed by atoms with Crippen molar-refractivity contribution in [2.75, 3.05) is 23.3 Å². The SMILES string of the molecule is CC(C)(C)NC(=O)c1ccnc(Nc2ccc(N3CCCC3)cc2)n1. The maximum absolute atomic E-state index is 12.2. The van der Waals surface area contributed by atoms with Crippen LogP contribution >= 0.6 is 0 Å². The molecule has 3 rings (SSSR count). The van der Waals surface area contributed by atoms with Crippen LogP contribution in [0.3, 0.4) is 0 Å². The van der Waals surface area contributed by atoms with E-state index in [1.807, 2.05) is 32.9 Å². The van der Waals surface area contributed by atoms with Gasteiger partial charge >= 0.3 is 0 Å². The standard InChI is InChI=1S/C19H25N5O/c1-19(2,3)23-17(25)16-10-11-20-18(22-16)21-14-6-8-15(9-7-14)24-12-4-5-13-24/h6-11H,4-5,12-13H2,1-3H3,(H,23,25)(H,20,21,22). The van der Waals surface area contributed by atoms with Crippen LogP contribution in [0.4, 0.5) is 17.3 Å². The molecule has 0 saturated carbocycles. The summed E-state index contributed by atoms with van der Waals surface area (Å²) in [4.78, 5) is 23.1. The Kier molecular flexibility index (Phi) is 4.88. The van der Waals surface area contributed by atoms with Gasteiger partial charge in [-0.3, -0.25) is 4.79 Å². The second-order valence-electron chi connectivity index (χ2n) is 7.34. The lowest BCUT2D eigenvalue weighted by Gasteiger charge is -2.20. The third-order valence-electron chi connectivity index (χ3n) is 3.97. The lowest BCUT2D eigenvalue weighted by molar-refractivity contribution is 0.0914. The molecular formula is C19H25N5O. The molecule has 1 aromatic carbocycles. The third kappa shape index (κ3) is 4.68. The molecule has 0 radical (unpaired) electrons. The fourth-order valence-corrected chi connectivity index (χ4v) is 2.81. The van der Waals surface area contributed by atoms with Crippen LogP contribution in [0.15, 0.2) is 36.5 Å². The van der Waals surface area contributed by atoms with E-state index in [9.17, 15) is 4.79 Å². The van der Waals surface area contributed by atoms with Gasteiger partial charge in [0.2, 0.25) is 5.95 Å². The van der Waals surface area contributed by atoms with Gasteiger partial charge in [0.05, 0.1) is 0 Å². The normalized spacial score (nSPS) is 14.4. The lowest BCUT2D eigenvalue weighted by atomic mass is 10.1. The first-order chi connectivity index (χ1) is 11.9. The van der Waals surface area contributed by atoms with E-state index in [2.05, 4.69) is 37.6 Å². The van der Waals surface area contributed by atoms with Crippen LogP contribution in [0.1, 0.15) is 44.1 Å². The van der Waals surface area contributed by atoms with Crippen molar-refractivity contribution in [2.24, 2.45) is 0 Å². The Bertz CT molecular complexity index is 730. The van der Waals surface area contributed by atoms with Crippen LogP contribution in [0, 0.1) is 0 Å². The summed E-state index contributed by atoms with van der Waals surface area (Å²) >= 11 is 0. The van der Waals surface area contributed by atoms with E-state index in [4.69, 9.17) is 0 Å². The summed E-state index contributed by atoms with van der Waals surface area (Å²) in [6.45, 7) is 8.06. The highest BCUT2D eigenvalue weighted by atomic mass is 16.2. The Morgan fingerprint density at radius 1 is 1.08 bits per heavy atom. The minimum Gasteiger partial charge on any atom is -0.372 e. The topological polar surface area (TPSA) is 70.2 Å². The molecule has 0 aliphatic carbocycles. The van der Waals surface area contributed by atoms with Crippen LogP contribution in [-0.2, 0) is 0 Å². The fraction of sp³-hybridized carbons (Fsp3) is 0.421. The Morgan fingerprint density at radius 2 is 1.76 bits per heavy atom. The number of rotatable bonds is 4. The monoisotopic (exact) mass is 339 g/mol. The molecule has 1 aromatic heterocycles. The maximum Gasteiger partial charge on any atom is 0.270 e. The summed E-state index contributed by atoms with van der Waals surface area (Å²) in [6.07, 6.45) is 4.11. The van der Waals surface area contributed by atoms with Crippen LogP contribution < -0.4 is 15.5 Å². The van der Waals surface area contributed by atoms with E-state index in [0.717, 1.165) is 18.8 Å². The number of nitrogens with zero attached hydrogens (tertiary/aromatic N) is 3. The van der Waals surface area contributed by atoms with Crippen molar-refractivity contribution in [1.82, 2.24) is 15.3 Å². The van der Waals surface area contributed by atoms with E-state index in [1.165, 1.54) is 18.5 Å². The number of hydrogen-bond donors (Lipinski definition) is 2. The second kappa shape index (κ2) is 7.09. The summed E-state index contributed by atoms with van der Waals surface area (Å²) < 4.78 is 0. The molecule has 6 heteroatoms. The molecule has 2 heterocycles. The van der Waals surface area contributed by atoms with Crippen molar-refractivity contribution in [3.05, 3.63) is 42.2 Å². The smallest absolute Gasteiger partial charge is 0.270 e. The maximum atomic E-state index is 12.2. The van der Waals surface area contributed by atoms with Gasteiger partial charge in [0.15, 0.2) is 0 Å². The average molecular weight is 339 g/mol. The van der Waals surface area contributed by atoms with Crippen LogP contribution in [0.25, 0.3) is 0 Å². The zero-order valence-corrected chi connectivity index (χ0v) is 15.0. The summed E-state index contributed by atoms with van der Waals surface area (Å²) in [5.74, 6) is 0.206. The van der Waals surface area contributed by atoms with Gasteiger partial charge in [0.25, 0.3) is 5.91 Å². The number of hydrogen-bond acceptors (Lipinski definition) is 5. The lowest BCUT2D eigenvalue weighted by Crippen LogP contribution is -2.41. The number of benzene rings is 1. The predicted molar refractivity (Wildman–Crippen MR) is 100 cm³/mol. The third-order valence-corrected chi connectivity index (χ3v) is 3.97. The number of carbonyl (C=O) groups is 1. The molecule has 0 atom stereocenters. The second-order valence-corrected chi connectivity index (χ2v) is 7.34. The first kappa shape index (κ1) is 17.2. The zero-order chi connectivity index (χ0) is 17.9. The van der Waals surface area contributed by atoms with Gasteiger partial charge in [-0.1, -0.05) is 0 Å². The van der Waals surface area contributed by atoms with Crippen molar-refractivity contribution in [3.63, 3.8) is 0 Å². The van der Waals surface area contributed by atoms with E-state index in [0.29, 0.717) is 11.6 Å². The van der Waals surface area contributed by atoms with Crippen LogP contribution in [0.2, 0.25) is 0 Å². The summed E-state index contributed by atoms with van der Waals surface area (Å²) in [5, 5.41) is 6.06. The number of nitrogens with one attached hydrogen (secondary N) is 2. The van der Waals surface area contributed by atoms with Crippen molar-refractivity contribution in [1.29, 1.82) is 0 Å². The summed E-state index contributed by atoms with van der Waals surface area (Å²) in [7, 11) is 0. The van der Waals surface area contributed by atoms with Gasteiger partial charge in [-0.05, 0) is 63.9 Å². The molecule has 2 aromatic rings. The average Bonchev–Trinajstić information content (AvgIpc) is 3.09. The molecule has 132 valence electrons. The minimum atomic E-state index is -0.305. The Balaban J connectivity index is 1.68. The van der Waals surface area contributed by atoms with Crippen molar-refractivity contribution in [3.8, 4) is 0 Å². The largest absolute Gasteiger partial charge is 0.372 e. The zero-order valence-electron chi connectivity index (χ0n) is 15.0. The summed E-state index contributed by atoms with van der Waals surface area (Å²) in [5.41, 5.74) is 2.18. The van der Waals surface area contributed by atoms with Crippen molar-refractivity contribution >= 4 is 23.2 Å². The molecule has 2 N–H and O–H groups in total. The molecule has 0 unspecified atom stereocenters. The first-order valence-electron chi connectivity index (χ1n) is 8.68. The van der Waals surface area contributed by atoms with Gasteiger partial charge in [-0.15, -0.1) is 0 Å². The Labute approximate surface area is 148 Å². The summed E-state index contributed by atoms with van der Waals surface area (Å²) in [6, 6.07) is 9.84. The molecule has 1 saturated heterocycles. The molecule has 0 spiro atoms. The number of aromatic nitrogens is 2. The van der Waals surface area contributed by atoms with E-state index < -0.39 is 0 Å². The van der Waals surface area contributed by atoms with Crippen molar-refractivity contribution in [2.45, 2.75) is 39.2 Å². The van der Waals surface area contributed by atoms with Crippen LogP contribution in [-0.4, -0.2) is 34.5 Å². The Hall–Kier alpha value is -2.63. The van der Waals surface area contributed by atoms with Gasteiger partial charge in [-0.2, -0.15) is 0 Å². The highest BCUT2D eigenvalue weighted by Gasteiger charge is 2.17. The Morgan fingerprint density at radius 3 is 2.40 bits per heavy atom. The molecule has 1 amide bonds. The highest BCUT2D eigenvalue weighted by molar-refractivity contribution is 5.92. The molecule has 25 heavy (non-hydrogen) atoms. The molecule has 0 bridgehead atoms. The van der Waals surface area contributed by atoms with Gasteiger partial charge in [0, 0.05) is 36.2 Å². The molecule has 1 aliphatic rings. The van der Waals surface area contributed by atoms with E-state index in [1.54, 1.807) is 12.3 Å². The van der Waals surface area contributed by atoms with Gasteiger partial charge in [-0.25, -0.2) is 9.97 Å². The van der Waals surface area contributed by atoms with Gasteiger partial charge < -0.3 is 15.5 Å². The number of carbonyl (C=O) groups excluding carboxylic acids is 1. The predicted octanol–water partition coefficient (Wildman–Crippen LogP) is 3.35. The fourth-order valence-electron chi connectivity index (χ4n) is 2.81.